The maximum absolute atomic E-state index is 10.7. The lowest BCUT2D eigenvalue weighted by atomic mass is 10.4. The van der Waals surface area contributed by atoms with Crippen molar-refractivity contribution in [1.29, 1.82) is 0 Å². The molecule has 2 heterocycles. The molecule has 17 heavy (non-hydrogen) atoms. The lowest BCUT2D eigenvalue weighted by molar-refractivity contribution is 0.0702. The number of aromatic carboxylic acids is 1. The molecule has 0 aliphatic carbocycles. The van der Waals surface area contributed by atoms with E-state index in [1.807, 2.05) is 6.92 Å². The summed E-state index contributed by atoms with van der Waals surface area (Å²) in [5, 5.41) is 12.2. The fourth-order valence-corrected chi connectivity index (χ4v) is 1.98. The van der Waals surface area contributed by atoms with Crippen LogP contribution in [0.3, 0.4) is 0 Å². The number of nitrogens with one attached hydrogen (secondary N) is 1. The molecule has 6 nitrogen and oxygen atoms in total. The standard InChI is InChI=1S/C10H10N4O2S/c1-5-3-8(13-6(2)12-5)14-10-11-4-7(17-10)9(15)16/h3-4H,1-2H3,(H,15,16)(H,11,12,13,14). The number of hydrogen-bond acceptors (Lipinski definition) is 6. The molecule has 7 heteroatoms. The molecule has 88 valence electrons. The Morgan fingerprint density at radius 2 is 2.18 bits per heavy atom. The number of carboxylic acid groups (broad SMARTS) is 1. The second-order valence-corrected chi connectivity index (χ2v) is 4.43. The zero-order valence-electron chi connectivity index (χ0n) is 9.26. The molecule has 2 N–H and O–H groups in total. The molecule has 0 amide bonds. The number of hydrogen-bond donors (Lipinski definition) is 2. The Kier molecular flexibility index (Phi) is 3.01. The van der Waals surface area contributed by atoms with Gasteiger partial charge in [-0.3, -0.25) is 0 Å². The first-order valence-electron chi connectivity index (χ1n) is 4.83. The van der Waals surface area contributed by atoms with E-state index in [-0.39, 0.29) is 4.88 Å². The fraction of sp³-hybridized carbons (Fsp3) is 0.200. The van der Waals surface area contributed by atoms with E-state index in [2.05, 4.69) is 20.3 Å². The van der Waals surface area contributed by atoms with Gasteiger partial charge in [-0.1, -0.05) is 11.3 Å². The van der Waals surface area contributed by atoms with Crippen molar-refractivity contribution in [2.75, 3.05) is 5.32 Å². The van der Waals surface area contributed by atoms with Crippen molar-refractivity contribution in [3.63, 3.8) is 0 Å². The molecule has 2 aromatic heterocycles. The highest BCUT2D eigenvalue weighted by Gasteiger charge is 2.09. The van der Waals surface area contributed by atoms with Crippen LogP contribution in [-0.4, -0.2) is 26.0 Å². The zero-order valence-corrected chi connectivity index (χ0v) is 10.1. The Hall–Kier alpha value is -2.02. The topological polar surface area (TPSA) is 88.0 Å². The van der Waals surface area contributed by atoms with Crippen LogP contribution in [0, 0.1) is 13.8 Å². The molecular formula is C10H10N4O2S. The van der Waals surface area contributed by atoms with Gasteiger partial charge in [0.2, 0.25) is 0 Å². The fourth-order valence-electron chi connectivity index (χ4n) is 1.32. The van der Waals surface area contributed by atoms with Crippen molar-refractivity contribution in [1.82, 2.24) is 15.0 Å². The Labute approximate surface area is 101 Å². The third-order valence-corrected chi connectivity index (χ3v) is 2.82. The van der Waals surface area contributed by atoms with E-state index in [9.17, 15) is 4.79 Å². The van der Waals surface area contributed by atoms with Gasteiger partial charge in [-0.15, -0.1) is 0 Å². The molecule has 0 saturated carbocycles. The molecule has 2 aromatic rings. The maximum atomic E-state index is 10.7. The van der Waals surface area contributed by atoms with E-state index in [1.54, 1.807) is 13.0 Å². The van der Waals surface area contributed by atoms with E-state index in [0.29, 0.717) is 16.8 Å². The Morgan fingerprint density at radius 3 is 2.76 bits per heavy atom. The van der Waals surface area contributed by atoms with E-state index in [4.69, 9.17) is 5.11 Å². The molecule has 0 aromatic carbocycles. The average molecular weight is 250 g/mol. The van der Waals surface area contributed by atoms with E-state index in [0.717, 1.165) is 17.0 Å². The van der Waals surface area contributed by atoms with Gasteiger partial charge in [0.25, 0.3) is 0 Å². The predicted octanol–water partition coefficient (Wildman–Crippen LogP) is 1.99. The van der Waals surface area contributed by atoms with Crippen molar-refractivity contribution in [2.45, 2.75) is 13.8 Å². The van der Waals surface area contributed by atoms with Crippen molar-refractivity contribution >= 4 is 28.3 Å². The minimum atomic E-state index is -0.981. The molecule has 2 rings (SSSR count). The molecule has 0 bridgehead atoms. The second-order valence-electron chi connectivity index (χ2n) is 3.40. The number of rotatable bonds is 3. The van der Waals surface area contributed by atoms with Gasteiger partial charge in [-0.2, -0.15) is 0 Å². The number of nitrogens with zero attached hydrogens (tertiary/aromatic N) is 3. The van der Waals surface area contributed by atoms with Gasteiger partial charge in [0, 0.05) is 11.8 Å². The molecule has 0 aliphatic rings. The third kappa shape index (κ3) is 2.76. The zero-order chi connectivity index (χ0) is 12.4. The average Bonchev–Trinajstić information content (AvgIpc) is 2.64. The molecular weight excluding hydrogens is 240 g/mol. The normalized spacial score (nSPS) is 10.2. The Morgan fingerprint density at radius 1 is 1.41 bits per heavy atom. The van der Waals surface area contributed by atoms with Crippen LogP contribution in [0.1, 0.15) is 21.2 Å². The summed E-state index contributed by atoms with van der Waals surface area (Å²) >= 11 is 1.07. The van der Waals surface area contributed by atoms with Crippen LogP contribution in [0.25, 0.3) is 0 Å². The molecule has 0 saturated heterocycles. The number of thiazole rings is 1. The first-order chi connectivity index (χ1) is 8.04. The summed E-state index contributed by atoms with van der Waals surface area (Å²) in [5.41, 5.74) is 0.843. The van der Waals surface area contributed by atoms with E-state index in [1.165, 1.54) is 6.20 Å². The van der Waals surface area contributed by atoms with Gasteiger partial charge in [0.1, 0.15) is 16.5 Å². The van der Waals surface area contributed by atoms with E-state index >= 15 is 0 Å². The largest absolute Gasteiger partial charge is 0.477 e. The number of aromatic nitrogens is 3. The second kappa shape index (κ2) is 4.46. The minimum absolute atomic E-state index is 0.190. The van der Waals surface area contributed by atoms with Gasteiger partial charge in [-0.05, 0) is 13.8 Å². The molecule has 0 unspecified atom stereocenters. The monoisotopic (exact) mass is 250 g/mol. The number of aryl methyl sites for hydroxylation is 2. The summed E-state index contributed by atoms with van der Waals surface area (Å²) in [4.78, 5) is 23.2. The molecule has 0 spiro atoms. The van der Waals surface area contributed by atoms with Crippen molar-refractivity contribution in [2.24, 2.45) is 0 Å². The van der Waals surface area contributed by atoms with E-state index < -0.39 is 5.97 Å². The van der Waals surface area contributed by atoms with Crippen LogP contribution in [0.2, 0.25) is 0 Å². The molecule has 0 fully saturated rings. The lowest BCUT2D eigenvalue weighted by Gasteiger charge is -2.03. The van der Waals surface area contributed by atoms with Gasteiger partial charge in [0.15, 0.2) is 5.13 Å². The first kappa shape index (κ1) is 11.5. The predicted molar refractivity (Wildman–Crippen MR) is 63.9 cm³/mol. The highest BCUT2D eigenvalue weighted by molar-refractivity contribution is 7.17. The van der Waals surface area contributed by atoms with Gasteiger partial charge < -0.3 is 10.4 Å². The lowest BCUT2D eigenvalue weighted by Crippen LogP contribution is -1.98. The van der Waals surface area contributed by atoms with Crippen molar-refractivity contribution in [3.05, 3.63) is 28.7 Å². The summed E-state index contributed by atoms with van der Waals surface area (Å²) in [6, 6.07) is 1.77. The van der Waals surface area contributed by atoms with Crippen molar-refractivity contribution in [3.8, 4) is 0 Å². The summed E-state index contributed by atoms with van der Waals surface area (Å²) < 4.78 is 0. The van der Waals surface area contributed by atoms with Crippen LogP contribution >= 0.6 is 11.3 Å². The molecule has 0 radical (unpaired) electrons. The van der Waals surface area contributed by atoms with Gasteiger partial charge in [-0.25, -0.2) is 19.7 Å². The first-order valence-corrected chi connectivity index (χ1v) is 5.64. The quantitative estimate of drug-likeness (QED) is 0.866. The van der Waals surface area contributed by atoms with Crippen LogP contribution in [0.5, 0.6) is 0 Å². The summed E-state index contributed by atoms with van der Waals surface area (Å²) in [7, 11) is 0. The molecule has 0 atom stereocenters. The van der Waals surface area contributed by atoms with Crippen LogP contribution < -0.4 is 5.32 Å². The number of carboxylic acids is 1. The Balaban J connectivity index is 2.22. The number of carbonyl (C=O) groups is 1. The summed E-state index contributed by atoms with van der Waals surface area (Å²) in [6.45, 7) is 3.66. The van der Waals surface area contributed by atoms with Crippen LogP contribution in [0.4, 0.5) is 10.9 Å². The van der Waals surface area contributed by atoms with Crippen LogP contribution in [-0.2, 0) is 0 Å². The Bertz CT molecular complexity index is 547. The third-order valence-electron chi connectivity index (χ3n) is 1.92. The number of anilines is 2. The highest BCUT2D eigenvalue weighted by Crippen LogP contribution is 2.21. The summed E-state index contributed by atoms with van der Waals surface area (Å²) in [6.07, 6.45) is 1.32. The molecule has 0 aliphatic heterocycles. The van der Waals surface area contributed by atoms with Gasteiger partial charge >= 0.3 is 5.97 Å². The van der Waals surface area contributed by atoms with Crippen molar-refractivity contribution < 1.29 is 9.90 Å². The SMILES string of the molecule is Cc1cc(Nc2ncc(C(=O)O)s2)nc(C)n1. The smallest absolute Gasteiger partial charge is 0.347 e. The van der Waals surface area contributed by atoms with Crippen LogP contribution in [0.15, 0.2) is 12.3 Å². The summed E-state index contributed by atoms with van der Waals surface area (Å²) in [5.74, 6) is 0.286. The van der Waals surface area contributed by atoms with Gasteiger partial charge in [0.05, 0.1) is 6.20 Å². The minimum Gasteiger partial charge on any atom is -0.477 e. The maximum Gasteiger partial charge on any atom is 0.347 e. The highest BCUT2D eigenvalue weighted by atomic mass is 32.1.